The van der Waals surface area contributed by atoms with E-state index in [-0.39, 0.29) is 5.97 Å². The number of nitrogens with one attached hydrogen (secondary N) is 3. The largest absolute Gasteiger partial charge is 0.371 e. The van der Waals surface area contributed by atoms with Crippen LogP contribution in [-0.2, 0) is 9.63 Å². The average Bonchev–Trinajstić information content (AvgIpc) is 2.84. The maximum absolute atomic E-state index is 11.7. The molecule has 0 saturated heterocycles. The van der Waals surface area contributed by atoms with Gasteiger partial charge in [0, 0.05) is 45.7 Å². The quantitative estimate of drug-likeness (QED) is 0.0770. The first-order chi connectivity index (χ1) is 16.8. The van der Waals surface area contributed by atoms with E-state index in [1.54, 1.807) is 0 Å². The molecule has 0 heterocycles. The number of nitrogens with two attached hydrogens (primary N) is 1. The van der Waals surface area contributed by atoms with Crippen LogP contribution in [0.1, 0.15) is 135 Å². The van der Waals surface area contributed by atoms with Crippen LogP contribution in [0.2, 0.25) is 0 Å². The van der Waals surface area contributed by atoms with Gasteiger partial charge in [0.2, 0.25) is 0 Å². The van der Waals surface area contributed by atoms with Crippen LogP contribution in [0.5, 0.6) is 0 Å². The SMILES string of the molecule is CCCCCCCCCCCCCCCCCCCCCC(=O)ONCCNCCNCCN. The zero-order valence-corrected chi connectivity index (χ0v) is 22.8. The van der Waals surface area contributed by atoms with Gasteiger partial charge in [-0.05, 0) is 6.42 Å². The summed E-state index contributed by atoms with van der Waals surface area (Å²) in [7, 11) is 0. The Kier molecular flexibility index (Phi) is 29.7. The highest BCUT2D eigenvalue weighted by atomic mass is 16.7. The highest BCUT2D eigenvalue weighted by Crippen LogP contribution is 2.14. The Hall–Kier alpha value is -0.690. The zero-order valence-electron chi connectivity index (χ0n) is 22.8. The number of carbonyl (C=O) groups is 1. The summed E-state index contributed by atoms with van der Waals surface area (Å²) in [6.07, 6.45) is 26.4. The predicted molar refractivity (Wildman–Crippen MR) is 147 cm³/mol. The van der Waals surface area contributed by atoms with Crippen molar-refractivity contribution in [2.24, 2.45) is 5.73 Å². The van der Waals surface area contributed by atoms with Crippen molar-refractivity contribution < 1.29 is 9.63 Å². The Labute approximate surface area is 212 Å². The second-order valence-electron chi connectivity index (χ2n) is 9.77. The van der Waals surface area contributed by atoms with Crippen molar-refractivity contribution in [2.45, 2.75) is 135 Å². The van der Waals surface area contributed by atoms with Gasteiger partial charge in [-0.2, -0.15) is 5.48 Å². The third-order valence-electron chi connectivity index (χ3n) is 6.37. The molecule has 0 aromatic carbocycles. The first-order valence-electron chi connectivity index (χ1n) is 14.8. The maximum atomic E-state index is 11.7. The molecule has 0 aliphatic rings. The Morgan fingerprint density at radius 3 is 1.38 bits per heavy atom. The van der Waals surface area contributed by atoms with Crippen LogP contribution in [0, 0.1) is 0 Å². The van der Waals surface area contributed by atoms with Gasteiger partial charge in [-0.15, -0.1) is 0 Å². The standard InChI is InChI=1S/C28H60N4O2/c1-2-3-4-5-6-7-8-9-10-11-12-13-14-15-16-17-18-19-20-21-28(33)34-32-27-26-31-25-24-30-23-22-29/h30-32H,2-27,29H2,1H3. The molecule has 0 aliphatic heterocycles. The number of rotatable bonds is 29. The lowest BCUT2D eigenvalue weighted by Crippen LogP contribution is -2.34. The van der Waals surface area contributed by atoms with Crippen LogP contribution in [0.25, 0.3) is 0 Å². The lowest BCUT2D eigenvalue weighted by Gasteiger charge is -2.07. The first-order valence-corrected chi connectivity index (χ1v) is 14.8. The minimum absolute atomic E-state index is 0.142. The van der Waals surface area contributed by atoms with Gasteiger partial charge < -0.3 is 21.2 Å². The van der Waals surface area contributed by atoms with E-state index in [1.165, 1.54) is 109 Å². The Morgan fingerprint density at radius 1 is 0.559 bits per heavy atom. The van der Waals surface area contributed by atoms with Crippen molar-refractivity contribution >= 4 is 5.97 Å². The summed E-state index contributed by atoms with van der Waals surface area (Å²) >= 11 is 0. The number of hydroxylamine groups is 1. The van der Waals surface area contributed by atoms with E-state index in [1.807, 2.05) is 0 Å². The number of carbonyl (C=O) groups excluding carboxylic acids is 1. The van der Waals surface area contributed by atoms with Crippen molar-refractivity contribution in [3.8, 4) is 0 Å². The minimum atomic E-state index is -0.142. The molecule has 0 saturated carbocycles. The molecule has 204 valence electrons. The fourth-order valence-corrected chi connectivity index (χ4v) is 4.20. The summed E-state index contributed by atoms with van der Waals surface area (Å²) in [6, 6.07) is 0. The lowest BCUT2D eigenvalue weighted by atomic mass is 10.0. The molecule has 0 fully saturated rings. The van der Waals surface area contributed by atoms with Crippen LogP contribution in [0.4, 0.5) is 0 Å². The van der Waals surface area contributed by atoms with Crippen LogP contribution in [0.3, 0.4) is 0 Å². The molecule has 0 aromatic heterocycles. The van der Waals surface area contributed by atoms with Crippen LogP contribution >= 0.6 is 0 Å². The fourth-order valence-electron chi connectivity index (χ4n) is 4.20. The Morgan fingerprint density at radius 2 is 0.941 bits per heavy atom. The smallest absolute Gasteiger partial charge is 0.324 e. The fraction of sp³-hybridized carbons (Fsp3) is 0.964. The summed E-state index contributed by atoms with van der Waals surface area (Å²) in [5.74, 6) is -0.142. The Bertz CT molecular complexity index is 397. The highest BCUT2D eigenvalue weighted by molar-refractivity contribution is 5.68. The van der Waals surface area contributed by atoms with Crippen LogP contribution in [0.15, 0.2) is 0 Å². The second-order valence-corrected chi connectivity index (χ2v) is 9.77. The molecule has 0 amide bonds. The van der Waals surface area contributed by atoms with Gasteiger partial charge in [0.25, 0.3) is 0 Å². The molecule has 0 unspecified atom stereocenters. The normalized spacial score (nSPS) is 11.2. The van der Waals surface area contributed by atoms with E-state index in [0.29, 0.717) is 19.5 Å². The molecule has 0 radical (unpaired) electrons. The average molecular weight is 485 g/mol. The highest BCUT2D eigenvalue weighted by Gasteiger charge is 2.02. The first kappa shape index (κ1) is 33.3. The van der Waals surface area contributed by atoms with Gasteiger partial charge >= 0.3 is 5.97 Å². The van der Waals surface area contributed by atoms with E-state index in [4.69, 9.17) is 10.6 Å². The molecular formula is C28H60N4O2. The molecular weight excluding hydrogens is 424 g/mol. The zero-order chi connectivity index (χ0) is 24.8. The minimum Gasteiger partial charge on any atom is -0.371 e. The molecule has 34 heavy (non-hydrogen) atoms. The van der Waals surface area contributed by atoms with Crippen molar-refractivity contribution in [1.29, 1.82) is 0 Å². The molecule has 0 spiro atoms. The summed E-state index contributed by atoms with van der Waals surface area (Å²) in [4.78, 5) is 16.8. The lowest BCUT2D eigenvalue weighted by molar-refractivity contribution is -0.151. The summed E-state index contributed by atoms with van der Waals surface area (Å²) < 4.78 is 0. The Balaban J connectivity index is 3.12. The molecule has 6 heteroatoms. The van der Waals surface area contributed by atoms with Gasteiger partial charge in [0.05, 0.1) is 0 Å². The van der Waals surface area contributed by atoms with E-state index < -0.39 is 0 Å². The van der Waals surface area contributed by atoms with Gasteiger partial charge in [0.1, 0.15) is 0 Å². The number of hydrogen-bond donors (Lipinski definition) is 4. The third kappa shape index (κ3) is 29.3. The number of hydrogen-bond acceptors (Lipinski definition) is 6. The van der Waals surface area contributed by atoms with Gasteiger partial charge in [0.15, 0.2) is 0 Å². The van der Waals surface area contributed by atoms with Crippen LogP contribution in [-0.4, -0.2) is 45.2 Å². The molecule has 0 aromatic rings. The van der Waals surface area contributed by atoms with Crippen LogP contribution < -0.4 is 21.8 Å². The molecule has 0 bridgehead atoms. The van der Waals surface area contributed by atoms with Gasteiger partial charge in [-0.1, -0.05) is 122 Å². The van der Waals surface area contributed by atoms with Crippen molar-refractivity contribution in [3.63, 3.8) is 0 Å². The summed E-state index contributed by atoms with van der Waals surface area (Å²) in [6.45, 7) is 6.98. The molecule has 0 rings (SSSR count). The summed E-state index contributed by atoms with van der Waals surface area (Å²) in [5.41, 5.74) is 8.15. The molecule has 0 atom stereocenters. The van der Waals surface area contributed by atoms with Gasteiger partial charge in [-0.3, -0.25) is 4.79 Å². The van der Waals surface area contributed by atoms with Crippen molar-refractivity contribution in [1.82, 2.24) is 16.1 Å². The van der Waals surface area contributed by atoms with Crippen molar-refractivity contribution in [3.05, 3.63) is 0 Å². The third-order valence-corrected chi connectivity index (χ3v) is 6.37. The van der Waals surface area contributed by atoms with E-state index >= 15 is 0 Å². The van der Waals surface area contributed by atoms with E-state index in [0.717, 1.165) is 39.0 Å². The van der Waals surface area contributed by atoms with Crippen molar-refractivity contribution in [2.75, 3.05) is 39.3 Å². The molecule has 0 aliphatic carbocycles. The summed E-state index contributed by atoms with van der Waals surface area (Å²) in [5, 5.41) is 6.48. The predicted octanol–water partition coefficient (Wildman–Crippen LogP) is 5.99. The maximum Gasteiger partial charge on any atom is 0.324 e. The molecule has 6 nitrogen and oxygen atoms in total. The topological polar surface area (TPSA) is 88.4 Å². The van der Waals surface area contributed by atoms with E-state index in [2.05, 4.69) is 23.0 Å². The monoisotopic (exact) mass is 484 g/mol. The number of unbranched alkanes of at least 4 members (excludes halogenated alkanes) is 18. The molecule has 5 N–H and O–H groups in total. The van der Waals surface area contributed by atoms with E-state index in [9.17, 15) is 4.79 Å². The second kappa shape index (κ2) is 30.3. The van der Waals surface area contributed by atoms with Gasteiger partial charge in [-0.25, -0.2) is 0 Å².